The zero-order valence-corrected chi connectivity index (χ0v) is 18.7. The summed E-state index contributed by atoms with van der Waals surface area (Å²) in [4.78, 5) is 15.6. The molecule has 31 heavy (non-hydrogen) atoms. The van der Waals surface area contributed by atoms with Crippen LogP contribution in [0.3, 0.4) is 0 Å². The van der Waals surface area contributed by atoms with Crippen LogP contribution >= 0.6 is 0 Å². The molecular weight excluding hydrogens is 410 g/mol. The lowest BCUT2D eigenvalue weighted by Crippen LogP contribution is -2.47. The number of aromatic nitrogens is 2. The molecule has 7 nitrogen and oxygen atoms in total. The molecule has 1 N–H and O–H groups in total. The van der Waals surface area contributed by atoms with Crippen LogP contribution in [0.2, 0.25) is 0 Å². The van der Waals surface area contributed by atoms with E-state index in [4.69, 9.17) is 14.7 Å². The Morgan fingerprint density at radius 3 is 2.71 bits per heavy atom. The number of nitrogens with one attached hydrogen (secondary N) is 1. The van der Waals surface area contributed by atoms with Gasteiger partial charge in [0.25, 0.3) is 0 Å². The predicted octanol–water partition coefficient (Wildman–Crippen LogP) is 2.51. The van der Waals surface area contributed by atoms with Crippen molar-refractivity contribution in [2.45, 2.75) is 55.6 Å². The third-order valence-corrected chi connectivity index (χ3v) is 8.53. The van der Waals surface area contributed by atoms with Gasteiger partial charge in [-0.1, -0.05) is 12.1 Å². The number of anilines is 3. The molecule has 164 valence electrons. The van der Waals surface area contributed by atoms with Gasteiger partial charge in [-0.15, -0.1) is 0 Å². The van der Waals surface area contributed by atoms with Crippen molar-refractivity contribution in [1.82, 2.24) is 9.97 Å². The summed E-state index contributed by atoms with van der Waals surface area (Å²) in [6, 6.07) is 10.0. The maximum atomic E-state index is 12.7. The molecule has 0 aliphatic carbocycles. The van der Waals surface area contributed by atoms with Crippen molar-refractivity contribution in [1.29, 1.82) is 0 Å². The minimum Gasteiger partial charge on any atom is -0.381 e. The maximum Gasteiger partial charge on any atom is 0.227 e. The van der Waals surface area contributed by atoms with Crippen LogP contribution in [0.5, 0.6) is 0 Å². The van der Waals surface area contributed by atoms with Gasteiger partial charge in [0, 0.05) is 56.2 Å². The van der Waals surface area contributed by atoms with Gasteiger partial charge in [-0.3, -0.25) is 4.21 Å². The Kier molecular flexibility index (Phi) is 4.87. The van der Waals surface area contributed by atoms with E-state index < -0.39 is 10.8 Å². The molecule has 0 radical (unpaired) electrons. The van der Waals surface area contributed by atoms with Gasteiger partial charge < -0.3 is 19.9 Å². The van der Waals surface area contributed by atoms with Gasteiger partial charge in [0.05, 0.1) is 22.5 Å². The zero-order chi connectivity index (χ0) is 20.9. The SMILES string of the molecule is Cc1cccc(N2CC3CC2CN3c2nc3c(c(NC4CCOCC4)n2)S(=O)CC3)c1. The van der Waals surface area contributed by atoms with Gasteiger partial charge in [0.2, 0.25) is 5.95 Å². The molecule has 6 rings (SSSR count). The molecule has 2 aromatic rings. The van der Waals surface area contributed by atoms with E-state index in [-0.39, 0.29) is 0 Å². The van der Waals surface area contributed by atoms with E-state index in [1.807, 2.05) is 0 Å². The molecule has 3 fully saturated rings. The molecule has 5 heterocycles. The summed E-state index contributed by atoms with van der Waals surface area (Å²) in [5, 5.41) is 3.60. The highest BCUT2D eigenvalue weighted by molar-refractivity contribution is 7.85. The number of fused-ring (bicyclic) bond motifs is 3. The van der Waals surface area contributed by atoms with Gasteiger partial charge in [-0.25, -0.2) is 4.98 Å². The Balaban J connectivity index is 1.26. The van der Waals surface area contributed by atoms with Gasteiger partial charge in [0.1, 0.15) is 10.7 Å². The van der Waals surface area contributed by atoms with Crippen LogP contribution in [0, 0.1) is 6.92 Å². The van der Waals surface area contributed by atoms with Crippen molar-refractivity contribution >= 4 is 28.3 Å². The number of benzene rings is 1. The van der Waals surface area contributed by atoms with Crippen molar-refractivity contribution in [2.24, 2.45) is 0 Å². The van der Waals surface area contributed by atoms with Crippen LogP contribution in [0.15, 0.2) is 29.2 Å². The molecule has 3 saturated heterocycles. The van der Waals surface area contributed by atoms with Crippen molar-refractivity contribution in [3.63, 3.8) is 0 Å². The van der Waals surface area contributed by atoms with E-state index in [9.17, 15) is 4.21 Å². The number of nitrogens with zero attached hydrogens (tertiary/aromatic N) is 4. The van der Waals surface area contributed by atoms with Gasteiger partial charge in [-0.2, -0.15) is 4.98 Å². The number of rotatable bonds is 4. The summed E-state index contributed by atoms with van der Waals surface area (Å²) >= 11 is 0. The van der Waals surface area contributed by atoms with Crippen LogP contribution in [0.4, 0.5) is 17.5 Å². The molecule has 1 aromatic heterocycles. The highest BCUT2D eigenvalue weighted by Gasteiger charge is 2.45. The molecular formula is C23H29N5O2S. The van der Waals surface area contributed by atoms with Crippen molar-refractivity contribution in [3.8, 4) is 0 Å². The van der Waals surface area contributed by atoms with Crippen LogP contribution < -0.4 is 15.1 Å². The highest BCUT2D eigenvalue weighted by Crippen LogP contribution is 2.38. The summed E-state index contributed by atoms with van der Waals surface area (Å²) in [5.74, 6) is 2.26. The average molecular weight is 440 g/mol. The third kappa shape index (κ3) is 3.49. The van der Waals surface area contributed by atoms with E-state index in [0.29, 0.717) is 23.9 Å². The normalized spacial score (nSPS) is 27.7. The summed E-state index contributed by atoms with van der Waals surface area (Å²) in [7, 11) is -1.00. The fourth-order valence-corrected chi connectivity index (χ4v) is 6.79. The molecule has 4 aliphatic rings. The summed E-state index contributed by atoms with van der Waals surface area (Å²) in [6.45, 7) is 5.64. The van der Waals surface area contributed by atoms with Crippen molar-refractivity contribution in [2.75, 3.05) is 47.2 Å². The molecule has 3 atom stereocenters. The fourth-order valence-electron chi connectivity index (χ4n) is 5.48. The predicted molar refractivity (Wildman–Crippen MR) is 123 cm³/mol. The quantitative estimate of drug-likeness (QED) is 0.785. The zero-order valence-electron chi connectivity index (χ0n) is 17.9. The molecule has 8 heteroatoms. The Bertz CT molecular complexity index is 1030. The molecule has 2 bridgehead atoms. The lowest BCUT2D eigenvalue weighted by Gasteiger charge is -2.36. The monoisotopic (exact) mass is 439 g/mol. The number of aryl methyl sites for hydroxylation is 2. The fraction of sp³-hybridized carbons (Fsp3) is 0.565. The molecule has 0 amide bonds. The van der Waals surface area contributed by atoms with Gasteiger partial charge in [-0.05, 0) is 43.9 Å². The first-order valence-electron chi connectivity index (χ1n) is 11.4. The van der Waals surface area contributed by atoms with Crippen molar-refractivity contribution in [3.05, 3.63) is 35.5 Å². The second-order valence-electron chi connectivity index (χ2n) is 9.17. The Labute approximate surface area is 185 Å². The van der Waals surface area contributed by atoms with Crippen LogP contribution in [0.1, 0.15) is 30.5 Å². The standard InChI is InChI=1S/C23H29N5O2S/c1-15-3-2-4-17(11-15)27-13-19-12-18(27)14-28(19)23-25-20-7-10-31(29)21(20)22(26-23)24-16-5-8-30-9-6-16/h2-4,11,16,18-19H,5-10,12-14H2,1H3,(H,24,25,26). The molecule has 1 aromatic carbocycles. The van der Waals surface area contributed by atoms with Crippen LogP contribution in [0.25, 0.3) is 0 Å². The molecule has 3 unspecified atom stereocenters. The van der Waals surface area contributed by atoms with Gasteiger partial charge in [0.15, 0.2) is 0 Å². The molecule has 0 spiro atoms. The molecule has 4 aliphatic heterocycles. The summed E-state index contributed by atoms with van der Waals surface area (Å²) in [6.07, 6.45) is 3.83. The Hall–Kier alpha value is -2.19. The third-order valence-electron chi connectivity index (χ3n) is 7.07. The first kappa shape index (κ1) is 19.5. The minimum atomic E-state index is -1.00. The van der Waals surface area contributed by atoms with E-state index in [0.717, 1.165) is 74.3 Å². The Morgan fingerprint density at radius 1 is 1.13 bits per heavy atom. The maximum absolute atomic E-state index is 12.7. The summed E-state index contributed by atoms with van der Waals surface area (Å²) < 4.78 is 18.2. The lowest BCUT2D eigenvalue weighted by molar-refractivity contribution is 0.0903. The van der Waals surface area contributed by atoms with E-state index >= 15 is 0 Å². The number of hydrogen-bond acceptors (Lipinski definition) is 7. The number of hydrogen-bond donors (Lipinski definition) is 1. The van der Waals surface area contributed by atoms with Gasteiger partial charge >= 0.3 is 0 Å². The second kappa shape index (κ2) is 7.74. The number of ether oxygens (including phenoxy) is 1. The van der Waals surface area contributed by atoms with E-state index in [2.05, 4.69) is 46.3 Å². The van der Waals surface area contributed by atoms with E-state index in [1.165, 1.54) is 11.3 Å². The first-order chi connectivity index (χ1) is 15.2. The van der Waals surface area contributed by atoms with E-state index in [1.54, 1.807) is 0 Å². The van der Waals surface area contributed by atoms with Crippen LogP contribution in [-0.2, 0) is 22.0 Å². The lowest BCUT2D eigenvalue weighted by atomic mass is 10.1. The summed E-state index contributed by atoms with van der Waals surface area (Å²) in [5.41, 5.74) is 3.59. The highest BCUT2D eigenvalue weighted by atomic mass is 32.2. The topological polar surface area (TPSA) is 70.6 Å². The largest absolute Gasteiger partial charge is 0.381 e. The Morgan fingerprint density at radius 2 is 1.94 bits per heavy atom. The van der Waals surface area contributed by atoms with Crippen LogP contribution in [-0.4, -0.2) is 64.4 Å². The minimum absolute atomic E-state index is 0.324. The number of piperazine rings is 1. The average Bonchev–Trinajstić information content (AvgIpc) is 3.49. The van der Waals surface area contributed by atoms with Crippen molar-refractivity contribution < 1.29 is 8.95 Å². The smallest absolute Gasteiger partial charge is 0.227 e. The second-order valence-corrected chi connectivity index (χ2v) is 10.7. The molecule has 0 saturated carbocycles. The first-order valence-corrected chi connectivity index (χ1v) is 12.7.